The maximum absolute atomic E-state index is 13.0. The van der Waals surface area contributed by atoms with Gasteiger partial charge in [0.15, 0.2) is 0 Å². The molecule has 174 valence electrons. The second-order valence-electron chi connectivity index (χ2n) is 8.12. The lowest BCUT2D eigenvalue weighted by Gasteiger charge is -2.33. The fourth-order valence-corrected chi connectivity index (χ4v) is 5.55. The molecule has 1 aromatic heterocycles. The van der Waals surface area contributed by atoms with Crippen LogP contribution < -0.4 is 5.32 Å². The van der Waals surface area contributed by atoms with Gasteiger partial charge in [0.1, 0.15) is 0 Å². The molecule has 0 saturated carbocycles. The number of fused-ring (bicyclic) bond motifs is 1. The summed E-state index contributed by atoms with van der Waals surface area (Å²) < 4.78 is 29.6. The Morgan fingerprint density at radius 2 is 1.73 bits per heavy atom. The summed E-state index contributed by atoms with van der Waals surface area (Å²) in [7, 11) is -3.73. The summed E-state index contributed by atoms with van der Waals surface area (Å²) in [4.78, 5) is 25.8. The van der Waals surface area contributed by atoms with Crippen LogP contribution in [0.15, 0.2) is 65.7 Å². The summed E-state index contributed by atoms with van der Waals surface area (Å²) in [5.41, 5.74) is 1.47. The molecule has 2 heterocycles. The second-order valence-corrected chi connectivity index (χ2v) is 10.1. The van der Waals surface area contributed by atoms with Crippen LogP contribution in [0.1, 0.15) is 23.7 Å². The molecule has 4 rings (SSSR count). The van der Waals surface area contributed by atoms with Crippen molar-refractivity contribution in [3.05, 3.63) is 66.4 Å². The molecule has 9 heteroatoms. The Balaban J connectivity index is 1.34. The molecule has 1 aliphatic rings. The van der Waals surface area contributed by atoms with Crippen LogP contribution >= 0.6 is 0 Å². The SMILES string of the molecule is CC(=O)N1CCN(S(=O)(=O)c2cccc(C(=O)NCCCn3ccc4ccccc43)c2)CC1. The van der Waals surface area contributed by atoms with Gasteiger partial charge in [-0.1, -0.05) is 24.3 Å². The van der Waals surface area contributed by atoms with E-state index in [1.54, 1.807) is 17.0 Å². The van der Waals surface area contributed by atoms with Crippen molar-refractivity contribution in [1.29, 1.82) is 0 Å². The zero-order valence-electron chi connectivity index (χ0n) is 18.6. The highest BCUT2D eigenvalue weighted by Crippen LogP contribution is 2.19. The molecule has 3 aromatic rings. The molecule has 0 aliphatic carbocycles. The predicted molar refractivity (Wildman–Crippen MR) is 126 cm³/mol. The largest absolute Gasteiger partial charge is 0.352 e. The van der Waals surface area contributed by atoms with Gasteiger partial charge in [0.05, 0.1) is 4.90 Å². The van der Waals surface area contributed by atoms with E-state index in [0.29, 0.717) is 25.2 Å². The fraction of sp³-hybridized carbons (Fsp3) is 0.333. The highest BCUT2D eigenvalue weighted by molar-refractivity contribution is 7.89. The number of aryl methyl sites for hydroxylation is 1. The van der Waals surface area contributed by atoms with Crippen LogP contribution in [0, 0.1) is 0 Å². The number of para-hydroxylation sites is 1. The molecule has 1 aliphatic heterocycles. The third kappa shape index (κ3) is 5.09. The number of nitrogens with zero attached hydrogens (tertiary/aromatic N) is 3. The highest BCUT2D eigenvalue weighted by atomic mass is 32.2. The van der Waals surface area contributed by atoms with Gasteiger partial charge in [-0.25, -0.2) is 8.42 Å². The number of aromatic nitrogens is 1. The maximum Gasteiger partial charge on any atom is 0.251 e. The van der Waals surface area contributed by atoms with Crippen molar-refractivity contribution < 1.29 is 18.0 Å². The summed E-state index contributed by atoms with van der Waals surface area (Å²) in [6.07, 6.45) is 2.79. The summed E-state index contributed by atoms with van der Waals surface area (Å²) in [5.74, 6) is -0.360. The van der Waals surface area contributed by atoms with Crippen LogP contribution in [0.3, 0.4) is 0 Å². The van der Waals surface area contributed by atoms with Crippen molar-refractivity contribution in [2.24, 2.45) is 0 Å². The van der Waals surface area contributed by atoms with Crippen LogP contribution in [0.4, 0.5) is 0 Å². The van der Waals surface area contributed by atoms with E-state index in [2.05, 4.69) is 28.1 Å². The number of rotatable bonds is 7. The van der Waals surface area contributed by atoms with Crippen molar-refractivity contribution in [2.75, 3.05) is 32.7 Å². The van der Waals surface area contributed by atoms with E-state index in [9.17, 15) is 18.0 Å². The minimum absolute atomic E-state index is 0.0596. The van der Waals surface area contributed by atoms with Gasteiger partial charge >= 0.3 is 0 Å². The van der Waals surface area contributed by atoms with Crippen LogP contribution in [0.25, 0.3) is 10.9 Å². The molecule has 33 heavy (non-hydrogen) atoms. The molecule has 2 aromatic carbocycles. The Morgan fingerprint density at radius 1 is 0.970 bits per heavy atom. The standard InChI is InChI=1S/C24H28N4O4S/c1-19(29)26-14-16-28(17-15-26)33(31,32)22-8-4-7-21(18-22)24(30)25-11-5-12-27-13-10-20-6-2-3-9-23(20)27/h2-4,6-10,13,18H,5,11-12,14-17H2,1H3,(H,25,30). The first-order valence-corrected chi connectivity index (χ1v) is 12.5. The van der Waals surface area contributed by atoms with E-state index < -0.39 is 10.0 Å². The predicted octanol–water partition coefficient (Wildman–Crippen LogP) is 2.31. The van der Waals surface area contributed by atoms with E-state index in [1.807, 2.05) is 18.3 Å². The average molecular weight is 469 g/mol. The van der Waals surface area contributed by atoms with Crippen LogP contribution in [-0.4, -0.2) is 66.7 Å². The van der Waals surface area contributed by atoms with Gasteiger partial charge in [-0.2, -0.15) is 4.31 Å². The smallest absolute Gasteiger partial charge is 0.251 e. The lowest BCUT2D eigenvalue weighted by atomic mass is 10.2. The van der Waals surface area contributed by atoms with E-state index in [-0.39, 0.29) is 29.8 Å². The van der Waals surface area contributed by atoms with Gasteiger partial charge in [-0.15, -0.1) is 0 Å². The van der Waals surface area contributed by atoms with Gasteiger partial charge in [0, 0.05) is 63.5 Å². The number of piperazine rings is 1. The number of benzene rings is 2. The zero-order chi connectivity index (χ0) is 23.4. The summed E-state index contributed by atoms with van der Waals surface area (Å²) in [6, 6.07) is 16.3. The Morgan fingerprint density at radius 3 is 2.48 bits per heavy atom. The first-order valence-electron chi connectivity index (χ1n) is 11.0. The Kier molecular flexibility index (Phi) is 6.80. The Labute approximate surface area is 193 Å². The van der Waals surface area contributed by atoms with Crippen molar-refractivity contribution in [3.63, 3.8) is 0 Å². The Bertz CT molecular complexity index is 1260. The first-order chi connectivity index (χ1) is 15.9. The van der Waals surface area contributed by atoms with Gasteiger partial charge in [0.25, 0.3) is 5.91 Å². The minimum Gasteiger partial charge on any atom is -0.352 e. The molecular weight excluding hydrogens is 440 g/mol. The van der Waals surface area contributed by atoms with Crippen molar-refractivity contribution in [3.8, 4) is 0 Å². The lowest BCUT2D eigenvalue weighted by Crippen LogP contribution is -2.49. The molecule has 0 radical (unpaired) electrons. The minimum atomic E-state index is -3.73. The molecule has 1 saturated heterocycles. The van der Waals surface area contributed by atoms with Gasteiger partial charge in [-0.05, 0) is 42.1 Å². The maximum atomic E-state index is 13.0. The molecule has 8 nitrogen and oxygen atoms in total. The number of hydrogen-bond acceptors (Lipinski definition) is 4. The monoisotopic (exact) mass is 468 g/mol. The fourth-order valence-electron chi connectivity index (χ4n) is 4.08. The third-order valence-electron chi connectivity index (χ3n) is 5.96. The number of amides is 2. The summed E-state index contributed by atoms with van der Waals surface area (Å²) in [5, 5.41) is 4.06. The van der Waals surface area contributed by atoms with E-state index >= 15 is 0 Å². The van der Waals surface area contributed by atoms with E-state index in [1.165, 1.54) is 28.7 Å². The zero-order valence-corrected chi connectivity index (χ0v) is 19.4. The third-order valence-corrected chi connectivity index (χ3v) is 7.85. The second kappa shape index (κ2) is 9.76. The van der Waals surface area contributed by atoms with Gasteiger partial charge in [-0.3, -0.25) is 9.59 Å². The summed E-state index contributed by atoms with van der Waals surface area (Å²) in [6.45, 7) is 3.95. The first kappa shape index (κ1) is 23.0. The number of carbonyl (C=O) groups is 2. The van der Waals surface area contributed by atoms with Crippen LogP contribution in [0.5, 0.6) is 0 Å². The number of nitrogens with one attached hydrogen (secondary N) is 1. The number of sulfonamides is 1. The number of hydrogen-bond donors (Lipinski definition) is 1. The van der Waals surface area contributed by atoms with Crippen molar-refractivity contribution in [2.45, 2.75) is 24.8 Å². The molecule has 1 fully saturated rings. The molecule has 0 unspecified atom stereocenters. The van der Waals surface area contributed by atoms with Crippen LogP contribution in [0.2, 0.25) is 0 Å². The van der Waals surface area contributed by atoms with Gasteiger partial charge < -0.3 is 14.8 Å². The van der Waals surface area contributed by atoms with E-state index in [4.69, 9.17) is 0 Å². The molecule has 0 bridgehead atoms. The molecule has 0 spiro atoms. The van der Waals surface area contributed by atoms with E-state index in [0.717, 1.165) is 18.5 Å². The average Bonchev–Trinajstić information content (AvgIpc) is 3.25. The van der Waals surface area contributed by atoms with Crippen LogP contribution in [-0.2, 0) is 21.4 Å². The van der Waals surface area contributed by atoms with Crippen molar-refractivity contribution >= 4 is 32.7 Å². The quantitative estimate of drug-likeness (QED) is 0.539. The summed E-state index contributed by atoms with van der Waals surface area (Å²) >= 11 is 0. The lowest BCUT2D eigenvalue weighted by molar-refractivity contribution is -0.129. The normalized spacial score (nSPS) is 15.0. The van der Waals surface area contributed by atoms with Gasteiger partial charge in [0.2, 0.25) is 15.9 Å². The molecule has 0 atom stereocenters. The highest BCUT2D eigenvalue weighted by Gasteiger charge is 2.29. The molecule has 1 N–H and O–H groups in total. The molecule has 2 amide bonds. The van der Waals surface area contributed by atoms with Crippen molar-refractivity contribution in [1.82, 2.24) is 19.1 Å². The Hall–Kier alpha value is -3.17. The number of carbonyl (C=O) groups excluding carboxylic acids is 2. The molecular formula is C24H28N4O4S. The topological polar surface area (TPSA) is 91.7 Å².